The van der Waals surface area contributed by atoms with Crippen molar-refractivity contribution in [3.8, 4) is 0 Å². The molecule has 0 aliphatic carbocycles. The van der Waals surface area contributed by atoms with Crippen molar-refractivity contribution in [3.63, 3.8) is 0 Å². The Morgan fingerprint density at radius 1 is 1.20 bits per heavy atom. The topological polar surface area (TPSA) is 76.1 Å². The van der Waals surface area contributed by atoms with E-state index in [4.69, 9.17) is 4.74 Å². The van der Waals surface area contributed by atoms with E-state index in [-0.39, 0.29) is 18.0 Å². The number of amides is 1. The fourth-order valence-electron chi connectivity index (χ4n) is 4.36. The number of aromatic amines is 1. The van der Waals surface area contributed by atoms with Gasteiger partial charge in [-0.15, -0.1) is 0 Å². The zero-order valence-corrected chi connectivity index (χ0v) is 19.1. The maximum Gasteiger partial charge on any atom is 0.253 e. The lowest BCUT2D eigenvalue weighted by molar-refractivity contribution is 0.0707. The minimum absolute atomic E-state index is 0.158. The number of halogens is 1. The van der Waals surface area contributed by atoms with Crippen molar-refractivity contribution in [2.24, 2.45) is 0 Å². The average molecular weight is 472 g/mol. The molecule has 1 aliphatic rings. The van der Waals surface area contributed by atoms with Gasteiger partial charge in [-0.05, 0) is 62.9 Å². The summed E-state index contributed by atoms with van der Waals surface area (Å²) in [5, 5.41) is 3.90. The smallest absolute Gasteiger partial charge is 0.253 e. The molecule has 0 unspecified atom stereocenters. The highest BCUT2D eigenvalue weighted by atomic mass is 79.9. The Kier molecular flexibility index (Phi) is 5.84. The number of hydrogen-bond donors (Lipinski definition) is 2. The lowest BCUT2D eigenvalue weighted by Crippen LogP contribution is -2.28. The van der Waals surface area contributed by atoms with Crippen LogP contribution in [0, 0.1) is 20.8 Å². The van der Waals surface area contributed by atoms with Gasteiger partial charge in [0.15, 0.2) is 0 Å². The zero-order valence-electron chi connectivity index (χ0n) is 17.5. The molecule has 1 aromatic carbocycles. The number of aromatic nitrogens is 2. The van der Waals surface area contributed by atoms with Crippen LogP contribution in [0.2, 0.25) is 0 Å². The van der Waals surface area contributed by atoms with Gasteiger partial charge in [0.1, 0.15) is 0 Å². The summed E-state index contributed by atoms with van der Waals surface area (Å²) >= 11 is 3.57. The molecule has 3 heterocycles. The third kappa shape index (κ3) is 3.96. The van der Waals surface area contributed by atoms with E-state index in [0.717, 1.165) is 58.3 Å². The maximum absolute atomic E-state index is 13.1. The van der Waals surface area contributed by atoms with E-state index in [1.807, 2.05) is 32.9 Å². The van der Waals surface area contributed by atoms with Crippen LogP contribution in [-0.2, 0) is 11.3 Å². The summed E-state index contributed by atoms with van der Waals surface area (Å²) in [4.78, 5) is 28.2. The lowest BCUT2D eigenvalue weighted by atomic mass is 10.1. The van der Waals surface area contributed by atoms with Gasteiger partial charge in [0.05, 0.1) is 11.1 Å². The third-order valence-electron chi connectivity index (χ3n) is 5.84. The number of fused-ring (bicyclic) bond motifs is 1. The molecule has 0 atom stereocenters. The average Bonchev–Trinajstić information content (AvgIpc) is 3.03. The molecule has 30 heavy (non-hydrogen) atoms. The number of carbonyl (C=O) groups is 1. The molecule has 1 amide bonds. The van der Waals surface area contributed by atoms with E-state index in [1.165, 1.54) is 0 Å². The highest BCUT2D eigenvalue weighted by Gasteiger charge is 2.22. The van der Waals surface area contributed by atoms with Gasteiger partial charge in [0, 0.05) is 53.1 Å². The maximum atomic E-state index is 13.1. The summed E-state index contributed by atoms with van der Waals surface area (Å²) in [5.74, 6) is -0.187. The molecule has 2 aromatic heterocycles. The fourth-order valence-corrected chi connectivity index (χ4v) is 4.81. The highest BCUT2D eigenvalue weighted by Crippen LogP contribution is 2.33. The highest BCUT2D eigenvalue weighted by molar-refractivity contribution is 9.10. The first kappa shape index (κ1) is 20.9. The number of benzene rings is 1. The van der Waals surface area contributed by atoms with Crippen LogP contribution in [0.5, 0.6) is 0 Å². The van der Waals surface area contributed by atoms with E-state index in [0.29, 0.717) is 17.2 Å². The standard InChI is InChI=1S/C23H26BrN3O3/c1-13-8-15(3)26-23(29)19(13)11-25-22(28)18-9-16(24)10-20-21(18)14(2)12-27(20)17-4-6-30-7-5-17/h8-10,12,17H,4-7,11H2,1-3H3,(H,25,28)(H,26,29). The number of hydrogen-bond acceptors (Lipinski definition) is 3. The van der Waals surface area contributed by atoms with Gasteiger partial charge in [0.25, 0.3) is 11.5 Å². The van der Waals surface area contributed by atoms with Crippen LogP contribution in [-0.4, -0.2) is 28.7 Å². The van der Waals surface area contributed by atoms with Gasteiger partial charge in [-0.3, -0.25) is 9.59 Å². The van der Waals surface area contributed by atoms with Gasteiger partial charge < -0.3 is 19.6 Å². The first-order chi connectivity index (χ1) is 14.3. The molecule has 6 nitrogen and oxygen atoms in total. The van der Waals surface area contributed by atoms with Gasteiger partial charge in [-0.2, -0.15) is 0 Å². The Bertz CT molecular complexity index is 1170. The van der Waals surface area contributed by atoms with E-state index in [9.17, 15) is 9.59 Å². The quantitative estimate of drug-likeness (QED) is 0.595. The Hall–Kier alpha value is -2.38. The molecular weight excluding hydrogens is 446 g/mol. The van der Waals surface area contributed by atoms with Crippen molar-refractivity contribution < 1.29 is 9.53 Å². The monoisotopic (exact) mass is 471 g/mol. The van der Waals surface area contributed by atoms with Crippen molar-refractivity contribution in [1.29, 1.82) is 0 Å². The SMILES string of the molecule is Cc1cc(C)c(CNC(=O)c2cc(Br)cc3c2c(C)cn3C2CCOCC2)c(=O)[nH]1. The molecule has 1 saturated heterocycles. The molecule has 0 saturated carbocycles. The van der Waals surface area contributed by atoms with Crippen LogP contribution in [0.1, 0.15) is 51.6 Å². The predicted octanol–water partition coefficient (Wildman–Crippen LogP) is 4.30. The van der Waals surface area contributed by atoms with E-state index in [1.54, 1.807) is 0 Å². The number of pyridine rings is 1. The Labute approximate surface area is 183 Å². The first-order valence-corrected chi connectivity index (χ1v) is 11.0. The molecule has 2 N–H and O–H groups in total. The summed E-state index contributed by atoms with van der Waals surface area (Å²) in [6, 6.07) is 6.21. The van der Waals surface area contributed by atoms with E-state index >= 15 is 0 Å². The van der Waals surface area contributed by atoms with Crippen molar-refractivity contribution in [2.75, 3.05) is 13.2 Å². The summed E-state index contributed by atoms with van der Waals surface area (Å²) in [5.41, 5.74) is 4.83. The minimum atomic E-state index is -0.187. The molecule has 7 heteroatoms. The van der Waals surface area contributed by atoms with Crippen LogP contribution >= 0.6 is 15.9 Å². The number of rotatable bonds is 4. The summed E-state index contributed by atoms with van der Waals surface area (Å²) < 4.78 is 8.65. The Morgan fingerprint density at radius 3 is 2.63 bits per heavy atom. The van der Waals surface area contributed by atoms with E-state index < -0.39 is 0 Å². The summed E-state index contributed by atoms with van der Waals surface area (Å²) in [6.45, 7) is 7.48. The molecule has 3 aromatic rings. The molecule has 0 radical (unpaired) electrons. The van der Waals surface area contributed by atoms with Crippen LogP contribution in [0.15, 0.2) is 33.7 Å². The van der Waals surface area contributed by atoms with Gasteiger partial charge in [0.2, 0.25) is 0 Å². The molecular formula is C23H26BrN3O3. The number of H-pyrrole nitrogens is 1. The first-order valence-electron chi connectivity index (χ1n) is 10.2. The van der Waals surface area contributed by atoms with Crippen molar-refractivity contribution >= 4 is 32.7 Å². The van der Waals surface area contributed by atoms with Crippen molar-refractivity contribution in [2.45, 2.75) is 46.2 Å². The van der Waals surface area contributed by atoms with Crippen LogP contribution < -0.4 is 10.9 Å². The van der Waals surface area contributed by atoms with E-state index in [2.05, 4.69) is 43.1 Å². The summed E-state index contributed by atoms with van der Waals surface area (Å²) in [6.07, 6.45) is 4.07. The Morgan fingerprint density at radius 2 is 1.93 bits per heavy atom. The van der Waals surface area contributed by atoms with Crippen LogP contribution in [0.4, 0.5) is 0 Å². The fraction of sp³-hybridized carbons (Fsp3) is 0.391. The van der Waals surface area contributed by atoms with Gasteiger partial charge in [-0.25, -0.2) is 0 Å². The third-order valence-corrected chi connectivity index (χ3v) is 6.29. The molecule has 4 rings (SSSR count). The molecule has 0 bridgehead atoms. The van der Waals surface area contributed by atoms with Crippen LogP contribution in [0.3, 0.4) is 0 Å². The zero-order chi connectivity index (χ0) is 21.4. The number of aryl methyl sites for hydroxylation is 3. The summed E-state index contributed by atoms with van der Waals surface area (Å²) in [7, 11) is 0. The number of ether oxygens (including phenoxy) is 1. The molecule has 158 valence electrons. The molecule has 1 fully saturated rings. The van der Waals surface area contributed by atoms with Crippen molar-refractivity contribution in [1.82, 2.24) is 14.9 Å². The number of nitrogens with zero attached hydrogens (tertiary/aromatic N) is 1. The largest absolute Gasteiger partial charge is 0.381 e. The molecule has 1 aliphatic heterocycles. The second-order valence-corrected chi connectivity index (χ2v) is 8.95. The minimum Gasteiger partial charge on any atom is -0.381 e. The number of nitrogens with one attached hydrogen (secondary N) is 2. The van der Waals surface area contributed by atoms with Crippen LogP contribution in [0.25, 0.3) is 10.9 Å². The van der Waals surface area contributed by atoms with Gasteiger partial charge in [-0.1, -0.05) is 15.9 Å². The predicted molar refractivity (Wildman–Crippen MR) is 121 cm³/mol. The molecule has 0 spiro atoms. The lowest BCUT2D eigenvalue weighted by Gasteiger charge is -2.24. The normalized spacial score (nSPS) is 14.9. The Balaban J connectivity index is 1.68. The second-order valence-electron chi connectivity index (χ2n) is 8.04. The van der Waals surface area contributed by atoms with Crippen molar-refractivity contribution in [3.05, 3.63) is 67.2 Å². The van der Waals surface area contributed by atoms with Gasteiger partial charge >= 0.3 is 0 Å². The second kappa shape index (κ2) is 8.40. The number of carbonyl (C=O) groups excluding carboxylic acids is 1.